The van der Waals surface area contributed by atoms with Crippen molar-refractivity contribution in [2.24, 2.45) is 0 Å². The minimum absolute atomic E-state index is 0.557. The Morgan fingerprint density at radius 2 is 1.04 bits per heavy atom. The Hall–Kier alpha value is -5.84. The van der Waals surface area contributed by atoms with Gasteiger partial charge in [0.05, 0.1) is 14.9 Å². The van der Waals surface area contributed by atoms with Gasteiger partial charge in [0.15, 0.2) is 23.0 Å². The highest BCUT2D eigenvalue weighted by Gasteiger charge is 2.48. The molecule has 0 saturated heterocycles. The summed E-state index contributed by atoms with van der Waals surface area (Å²) in [7, 11) is -0.714. The lowest BCUT2D eigenvalue weighted by Crippen LogP contribution is -2.35. The van der Waals surface area contributed by atoms with Crippen LogP contribution in [-0.2, 0) is 5.41 Å². The van der Waals surface area contributed by atoms with Crippen LogP contribution in [0.2, 0.25) is 0 Å². The number of fused-ring (bicyclic) bond motifs is 8. The second kappa shape index (κ2) is 10.1. The molecule has 0 unspecified atom stereocenters. The van der Waals surface area contributed by atoms with Crippen LogP contribution in [0.1, 0.15) is 22.3 Å². The maximum Gasteiger partial charge on any atom is 0.177 e. The molecule has 2 heterocycles. The molecule has 1 aliphatic carbocycles. The van der Waals surface area contributed by atoms with Crippen LogP contribution >= 0.6 is 0 Å². The number of hydrogen-bond donors (Lipinski definition) is 0. The van der Waals surface area contributed by atoms with Crippen molar-refractivity contribution in [2.45, 2.75) is 5.41 Å². The Balaban J connectivity index is 1.25. The van der Waals surface area contributed by atoms with Gasteiger partial charge in [0.2, 0.25) is 0 Å². The minimum Gasteiger partial charge on any atom is -0.457 e. The molecule has 0 spiro atoms. The maximum absolute atomic E-state index is 6.86. The van der Waals surface area contributed by atoms with Crippen molar-refractivity contribution in [1.29, 1.82) is 0 Å². The normalized spacial score (nSPS) is 14.6. The molecule has 0 bridgehead atoms. The van der Waals surface area contributed by atoms with Gasteiger partial charge >= 0.3 is 0 Å². The third-order valence-corrected chi connectivity index (χ3v) is 11.8. The third-order valence-electron chi connectivity index (χ3n) is 9.89. The van der Waals surface area contributed by atoms with Crippen molar-refractivity contribution >= 4 is 19.9 Å². The third kappa shape index (κ3) is 3.79. The zero-order chi connectivity index (χ0) is 31.0. The summed E-state index contributed by atoms with van der Waals surface area (Å²) in [6.45, 7) is 0. The standard InChI is InChI=1S/C43H28O3Si/c1-3-12-28(13-4-1)43(29-14-5-2-6-15-29)32-24-25-39-42(46-36-19-9-10-21-38(36)47-39)40(32)31-23-22-27(26-33(31)43)30-16-11-20-37-41(30)45-35-18-8-7-17-34(35)44-37/h1-26H,47H2. The molecule has 7 aromatic carbocycles. The van der Waals surface area contributed by atoms with Gasteiger partial charge in [-0.25, -0.2) is 0 Å². The predicted molar refractivity (Wildman–Crippen MR) is 190 cm³/mol. The summed E-state index contributed by atoms with van der Waals surface area (Å²) in [4.78, 5) is 0. The zero-order valence-corrected chi connectivity index (χ0v) is 26.9. The molecular formula is C43H28O3Si. The molecule has 3 nitrogen and oxygen atoms in total. The number of hydrogen-bond acceptors (Lipinski definition) is 3. The number of benzene rings is 7. The maximum atomic E-state index is 6.86. The Morgan fingerprint density at radius 3 is 1.81 bits per heavy atom. The second-order valence-corrected chi connectivity index (χ2v) is 14.3. The van der Waals surface area contributed by atoms with E-state index in [-0.39, 0.29) is 0 Å². The molecule has 0 aromatic heterocycles. The monoisotopic (exact) mass is 620 g/mol. The lowest BCUT2D eigenvalue weighted by molar-refractivity contribution is 0.361. The lowest BCUT2D eigenvalue weighted by Gasteiger charge is -2.34. The van der Waals surface area contributed by atoms with E-state index < -0.39 is 14.9 Å². The Kier molecular flexibility index (Phi) is 5.66. The predicted octanol–water partition coefficient (Wildman–Crippen LogP) is 8.84. The van der Waals surface area contributed by atoms with Crippen LogP contribution < -0.4 is 24.6 Å². The van der Waals surface area contributed by atoms with Crippen molar-refractivity contribution in [1.82, 2.24) is 0 Å². The average molecular weight is 621 g/mol. The fraction of sp³-hybridized carbons (Fsp3) is 0.0233. The lowest BCUT2D eigenvalue weighted by atomic mass is 9.67. The van der Waals surface area contributed by atoms with Crippen molar-refractivity contribution in [2.75, 3.05) is 0 Å². The summed E-state index contributed by atoms with van der Waals surface area (Å²) in [5.41, 5.74) is 8.83. The van der Waals surface area contributed by atoms with Crippen molar-refractivity contribution in [3.63, 3.8) is 0 Å². The first-order valence-electron chi connectivity index (χ1n) is 16.1. The summed E-state index contributed by atoms with van der Waals surface area (Å²) in [5, 5.41) is 2.69. The SMILES string of the molecule is c1ccc(C2(c3ccccc3)c3cc(-c4cccc5c4Oc4ccccc4O5)ccc3-c3c2ccc2c3Oc3ccccc3[SiH2]2)cc1. The van der Waals surface area contributed by atoms with Crippen LogP contribution in [0.3, 0.4) is 0 Å². The molecule has 0 radical (unpaired) electrons. The summed E-state index contributed by atoms with van der Waals surface area (Å²) in [6, 6.07) is 55.9. The molecule has 10 rings (SSSR count). The smallest absolute Gasteiger partial charge is 0.177 e. The molecule has 0 amide bonds. The van der Waals surface area contributed by atoms with Gasteiger partial charge in [0.25, 0.3) is 0 Å². The van der Waals surface area contributed by atoms with Crippen LogP contribution in [-0.4, -0.2) is 9.52 Å². The van der Waals surface area contributed by atoms with E-state index >= 15 is 0 Å². The molecule has 222 valence electrons. The van der Waals surface area contributed by atoms with Crippen LogP contribution in [0.15, 0.2) is 158 Å². The molecule has 2 aliphatic heterocycles. The first kappa shape index (κ1) is 26.4. The van der Waals surface area contributed by atoms with Crippen LogP contribution in [0.25, 0.3) is 22.3 Å². The molecule has 3 aliphatic rings. The molecule has 0 fully saturated rings. The largest absolute Gasteiger partial charge is 0.457 e. The number of para-hydroxylation sites is 4. The Morgan fingerprint density at radius 1 is 0.404 bits per heavy atom. The van der Waals surface area contributed by atoms with Gasteiger partial charge in [0.1, 0.15) is 11.5 Å². The average Bonchev–Trinajstić information content (AvgIpc) is 3.44. The van der Waals surface area contributed by atoms with Gasteiger partial charge in [-0.3, -0.25) is 0 Å². The molecule has 0 saturated carbocycles. The van der Waals surface area contributed by atoms with Crippen LogP contribution in [0.4, 0.5) is 0 Å². The van der Waals surface area contributed by atoms with E-state index in [1.165, 1.54) is 43.8 Å². The highest BCUT2D eigenvalue weighted by atomic mass is 28.2. The Bertz CT molecular complexity index is 2320. The van der Waals surface area contributed by atoms with Gasteiger partial charge in [-0.15, -0.1) is 0 Å². The fourth-order valence-corrected chi connectivity index (χ4v) is 9.53. The molecule has 7 aromatic rings. The molecule has 4 heteroatoms. The molecule has 0 atom stereocenters. The fourth-order valence-electron chi connectivity index (χ4n) is 7.85. The topological polar surface area (TPSA) is 27.7 Å². The summed E-state index contributed by atoms with van der Waals surface area (Å²) < 4.78 is 19.7. The van der Waals surface area contributed by atoms with E-state index in [4.69, 9.17) is 14.2 Å². The van der Waals surface area contributed by atoms with Gasteiger partial charge in [-0.2, -0.15) is 0 Å². The highest BCUT2D eigenvalue weighted by Crippen LogP contribution is 2.60. The van der Waals surface area contributed by atoms with E-state index in [0.29, 0.717) is 5.75 Å². The van der Waals surface area contributed by atoms with E-state index in [0.717, 1.165) is 39.9 Å². The van der Waals surface area contributed by atoms with Crippen LogP contribution in [0, 0.1) is 0 Å². The summed E-state index contributed by atoms with van der Waals surface area (Å²) in [6.07, 6.45) is 0. The van der Waals surface area contributed by atoms with Gasteiger partial charge in [0, 0.05) is 11.1 Å². The van der Waals surface area contributed by atoms with E-state index in [2.05, 4.69) is 121 Å². The highest BCUT2D eigenvalue weighted by molar-refractivity contribution is 6.70. The molecule has 47 heavy (non-hydrogen) atoms. The Labute approximate surface area is 275 Å². The molecular weight excluding hydrogens is 593 g/mol. The summed E-state index contributed by atoms with van der Waals surface area (Å²) >= 11 is 0. The van der Waals surface area contributed by atoms with Crippen LogP contribution in [0.5, 0.6) is 34.5 Å². The quantitative estimate of drug-likeness (QED) is 0.185. The molecule has 0 N–H and O–H groups in total. The minimum atomic E-state index is -0.714. The zero-order valence-electron chi connectivity index (χ0n) is 25.4. The van der Waals surface area contributed by atoms with Gasteiger partial charge < -0.3 is 14.2 Å². The van der Waals surface area contributed by atoms with Crippen molar-refractivity contribution in [3.8, 4) is 56.8 Å². The number of ether oxygens (including phenoxy) is 3. The van der Waals surface area contributed by atoms with Crippen molar-refractivity contribution < 1.29 is 14.2 Å². The van der Waals surface area contributed by atoms with E-state index in [1.54, 1.807) is 0 Å². The van der Waals surface area contributed by atoms with E-state index in [9.17, 15) is 0 Å². The first-order valence-corrected chi connectivity index (χ1v) is 17.5. The van der Waals surface area contributed by atoms with Crippen molar-refractivity contribution in [3.05, 3.63) is 180 Å². The van der Waals surface area contributed by atoms with E-state index in [1.807, 2.05) is 36.4 Å². The van der Waals surface area contributed by atoms with Gasteiger partial charge in [-0.1, -0.05) is 127 Å². The van der Waals surface area contributed by atoms with Gasteiger partial charge in [-0.05, 0) is 74.1 Å². The first-order chi connectivity index (χ1) is 23.3. The summed E-state index contributed by atoms with van der Waals surface area (Å²) in [5.74, 6) is 4.90. The number of rotatable bonds is 3. The second-order valence-electron chi connectivity index (χ2n) is 12.4.